The molecule has 0 fully saturated rings. The van der Waals surface area contributed by atoms with Crippen molar-refractivity contribution in [2.45, 2.75) is 26.3 Å². The first-order valence-electron chi connectivity index (χ1n) is 10.1. The number of hydrogen-bond donors (Lipinski definition) is 2. The summed E-state index contributed by atoms with van der Waals surface area (Å²) in [5.41, 5.74) is 1.07. The molecule has 2 aromatic heterocycles. The zero-order valence-corrected chi connectivity index (χ0v) is 19.7. The zero-order valence-electron chi connectivity index (χ0n) is 18.9. The van der Waals surface area contributed by atoms with Crippen molar-refractivity contribution in [3.8, 4) is 11.3 Å². The van der Waals surface area contributed by atoms with Crippen LogP contribution in [0.4, 0.5) is 15.3 Å². The highest BCUT2D eigenvalue weighted by Crippen LogP contribution is 2.34. The van der Waals surface area contributed by atoms with E-state index in [0.29, 0.717) is 33.7 Å². The Morgan fingerprint density at radius 2 is 2.00 bits per heavy atom. The summed E-state index contributed by atoms with van der Waals surface area (Å²) in [6, 6.07) is 6.37. The van der Waals surface area contributed by atoms with E-state index >= 15 is 0 Å². The van der Waals surface area contributed by atoms with E-state index in [-0.39, 0.29) is 23.8 Å². The maximum atomic E-state index is 13.8. The van der Waals surface area contributed by atoms with Crippen LogP contribution in [0.1, 0.15) is 20.8 Å². The van der Waals surface area contributed by atoms with E-state index in [1.54, 1.807) is 15.5 Å². The van der Waals surface area contributed by atoms with E-state index in [1.165, 1.54) is 23.5 Å². The predicted octanol–water partition coefficient (Wildman–Crippen LogP) is 2.92. The summed E-state index contributed by atoms with van der Waals surface area (Å²) in [5, 5.41) is 11.7. The molecule has 2 N–H and O–H groups in total. The van der Waals surface area contributed by atoms with Crippen LogP contribution >= 0.6 is 11.3 Å². The van der Waals surface area contributed by atoms with Crippen LogP contribution in [0.2, 0.25) is 0 Å². The molecule has 1 aromatic carbocycles. The van der Waals surface area contributed by atoms with Crippen molar-refractivity contribution in [2.24, 2.45) is 0 Å². The standard InChI is InChI=1S/C21H30FN7OS/c1-21(2,3)25-18-17(14-8-7-9-15(22)12-14)24-19-29(18)26-20(31-19)28(6)13-16(30)23-10-11-27(4)5/h7-9,12,25H,10-11,13H2,1-6H3,(H,23,30). The second-order valence-corrected chi connectivity index (χ2v) is 9.72. The molecule has 0 aliphatic carbocycles. The number of nitrogens with one attached hydrogen (secondary N) is 2. The van der Waals surface area contributed by atoms with Crippen molar-refractivity contribution in [2.75, 3.05) is 51.0 Å². The lowest BCUT2D eigenvalue weighted by atomic mass is 10.1. The van der Waals surface area contributed by atoms with E-state index < -0.39 is 0 Å². The van der Waals surface area contributed by atoms with Gasteiger partial charge in [0.25, 0.3) is 0 Å². The van der Waals surface area contributed by atoms with Gasteiger partial charge < -0.3 is 20.4 Å². The van der Waals surface area contributed by atoms with Gasteiger partial charge in [0.15, 0.2) is 5.82 Å². The van der Waals surface area contributed by atoms with Crippen molar-refractivity contribution in [3.05, 3.63) is 30.1 Å². The minimum Gasteiger partial charge on any atom is -0.364 e. The van der Waals surface area contributed by atoms with E-state index in [0.717, 1.165) is 6.54 Å². The maximum Gasteiger partial charge on any atom is 0.239 e. The second kappa shape index (κ2) is 9.19. The summed E-state index contributed by atoms with van der Waals surface area (Å²) in [5.74, 6) is 0.314. The van der Waals surface area contributed by atoms with E-state index in [2.05, 4.69) is 15.7 Å². The van der Waals surface area contributed by atoms with Crippen LogP contribution < -0.4 is 15.5 Å². The quantitative estimate of drug-likeness (QED) is 0.553. The molecule has 3 rings (SSSR count). The van der Waals surface area contributed by atoms with Gasteiger partial charge in [0.05, 0.1) is 6.54 Å². The molecule has 0 saturated heterocycles. The van der Waals surface area contributed by atoms with Gasteiger partial charge in [0, 0.05) is 31.2 Å². The Morgan fingerprint density at radius 3 is 2.65 bits per heavy atom. The molecule has 0 aliphatic heterocycles. The van der Waals surface area contributed by atoms with E-state index in [4.69, 9.17) is 4.98 Å². The molecule has 31 heavy (non-hydrogen) atoms. The Balaban J connectivity index is 1.87. The lowest BCUT2D eigenvalue weighted by Crippen LogP contribution is -2.38. The van der Waals surface area contributed by atoms with E-state index in [1.807, 2.05) is 52.9 Å². The maximum absolute atomic E-state index is 13.8. The second-order valence-electron chi connectivity index (χ2n) is 8.78. The fraction of sp³-hybridized carbons (Fsp3) is 0.476. The fourth-order valence-corrected chi connectivity index (χ4v) is 3.82. The molecule has 168 valence electrons. The average molecular weight is 448 g/mol. The fourth-order valence-electron chi connectivity index (χ4n) is 2.95. The Morgan fingerprint density at radius 1 is 1.26 bits per heavy atom. The topological polar surface area (TPSA) is 77.8 Å². The summed E-state index contributed by atoms with van der Waals surface area (Å²) in [6.45, 7) is 7.70. The van der Waals surface area contributed by atoms with Crippen molar-refractivity contribution in [1.82, 2.24) is 24.8 Å². The zero-order chi connectivity index (χ0) is 22.8. The van der Waals surface area contributed by atoms with Gasteiger partial charge >= 0.3 is 0 Å². The normalized spacial score (nSPS) is 11.9. The lowest BCUT2D eigenvalue weighted by Gasteiger charge is -2.22. The van der Waals surface area contributed by atoms with Gasteiger partial charge in [-0.1, -0.05) is 23.5 Å². The molecular weight excluding hydrogens is 417 g/mol. The van der Waals surface area contributed by atoms with Crippen LogP contribution in [-0.4, -0.2) is 71.7 Å². The molecule has 0 radical (unpaired) electrons. The molecule has 0 spiro atoms. The molecule has 0 bridgehead atoms. The predicted molar refractivity (Wildman–Crippen MR) is 124 cm³/mol. The Bertz CT molecular complexity index is 1050. The van der Waals surface area contributed by atoms with Crippen LogP contribution in [0, 0.1) is 5.82 Å². The monoisotopic (exact) mass is 447 g/mol. The highest BCUT2D eigenvalue weighted by Gasteiger charge is 2.23. The van der Waals surface area contributed by atoms with Crippen molar-refractivity contribution in [3.63, 3.8) is 0 Å². The summed E-state index contributed by atoms with van der Waals surface area (Å²) >= 11 is 1.38. The number of likely N-dealkylation sites (N-methyl/N-ethyl adjacent to an activating group) is 2. The molecule has 10 heteroatoms. The summed E-state index contributed by atoms with van der Waals surface area (Å²) in [7, 11) is 5.75. The van der Waals surface area contributed by atoms with Gasteiger partial charge in [-0.05, 0) is 47.0 Å². The molecule has 0 saturated carbocycles. The molecule has 8 nitrogen and oxygen atoms in total. The van der Waals surface area contributed by atoms with Gasteiger partial charge in [0.2, 0.25) is 16.0 Å². The molecule has 0 aliphatic rings. The van der Waals surface area contributed by atoms with E-state index in [9.17, 15) is 9.18 Å². The molecular formula is C21H30FN7OS. The Kier molecular flexibility index (Phi) is 6.80. The molecule has 3 aromatic rings. The summed E-state index contributed by atoms with van der Waals surface area (Å²) in [4.78, 5) is 21.4. The first kappa shape index (κ1) is 23.0. The smallest absolute Gasteiger partial charge is 0.239 e. The van der Waals surface area contributed by atoms with Crippen LogP contribution in [0.15, 0.2) is 24.3 Å². The summed E-state index contributed by atoms with van der Waals surface area (Å²) in [6.07, 6.45) is 0. The number of aromatic nitrogens is 3. The SMILES string of the molecule is CN(C)CCNC(=O)CN(C)c1nn2c(NC(C)(C)C)c(-c3cccc(F)c3)nc2s1. The number of amides is 1. The van der Waals surface area contributed by atoms with Crippen LogP contribution in [-0.2, 0) is 4.79 Å². The van der Waals surface area contributed by atoms with Crippen molar-refractivity contribution >= 4 is 33.2 Å². The van der Waals surface area contributed by atoms with Gasteiger partial charge in [-0.15, -0.1) is 5.10 Å². The van der Waals surface area contributed by atoms with Gasteiger partial charge in [-0.3, -0.25) is 4.79 Å². The highest BCUT2D eigenvalue weighted by molar-refractivity contribution is 7.20. The number of fused-ring (bicyclic) bond motifs is 1. The third kappa shape index (κ3) is 5.92. The number of nitrogens with zero attached hydrogens (tertiary/aromatic N) is 5. The average Bonchev–Trinajstić information content (AvgIpc) is 3.20. The number of imidazole rings is 1. The number of carbonyl (C=O) groups is 1. The Labute approximate surface area is 186 Å². The molecule has 0 unspecified atom stereocenters. The summed E-state index contributed by atoms with van der Waals surface area (Å²) < 4.78 is 15.5. The highest BCUT2D eigenvalue weighted by atomic mass is 32.1. The number of rotatable bonds is 8. The van der Waals surface area contributed by atoms with Gasteiger partial charge in [0.1, 0.15) is 11.5 Å². The number of halogens is 1. The van der Waals surface area contributed by atoms with Gasteiger partial charge in [-0.2, -0.15) is 4.52 Å². The molecule has 0 atom stereocenters. The van der Waals surface area contributed by atoms with Crippen LogP contribution in [0.25, 0.3) is 16.2 Å². The van der Waals surface area contributed by atoms with Crippen LogP contribution in [0.3, 0.4) is 0 Å². The third-order valence-electron chi connectivity index (χ3n) is 4.37. The van der Waals surface area contributed by atoms with Crippen molar-refractivity contribution < 1.29 is 9.18 Å². The number of hydrogen-bond acceptors (Lipinski definition) is 7. The number of anilines is 2. The largest absolute Gasteiger partial charge is 0.364 e. The molecule has 1 amide bonds. The number of carbonyl (C=O) groups excluding carboxylic acids is 1. The van der Waals surface area contributed by atoms with Gasteiger partial charge in [-0.25, -0.2) is 9.37 Å². The first-order valence-corrected chi connectivity index (χ1v) is 10.9. The third-order valence-corrected chi connectivity index (χ3v) is 5.40. The molecule has 2 heterocycles. The van der Waals surface area contributed by atoms with Crippen LogP contribution in [0.5, 0.6) is 0 Å². The number of benzene rings is 1. The van der Waals surface area contributed by atoms with Crippen molar-refractivity contribution in [1.29, 1.82) is 0 Å². The Hall–Kier alpha value is -2.72. The lowest BCUT2D eigenvalue weighted by molar-refractivity contribution is -0.119. The minimum atomic E-state index is -0.316. The minimum absolute atomic E-state index is 0.0642. The first-order chi connectivity index (χ1) is 14.5.